The molecule has 0 unspecified atom stereocenters. The van der Waals surface area contributed by atoms with Gasteiger partial charge in [-0.2, -0.15) is 4.98 Å². The molecular weight excluding hydrogens is 356 g/mol. The molecule has 0 spiro atoms. The standard InChI is InChI=1S/C21H22N4O3/c1-13(2)14-4-8-16(9-5-14)25-19-18(22)20(24-12-23-19)28-17-10-6-15(7-11-17)21(26)27-3/h4-13H,22H2,1-3H3,(H,23,24,25). The monoisotopic (exact) mass is 378 g/mol. The minimum atomic E-state index is -0.414. The number of carbonyl (C=O) groups is 1. The number of nitrogens with one attached hydrogen (secondary N) is 1. The van der Waals surface area contributed by atoms with Crippen molar-refractivity contribution in [2.24, 2.45) is 0 Å². The number of anilines is 3. The number of benzene rings is 2. The molecule has 1 aromatic heterocycles. The van der Waals surface area contributed by atoms with Crippen LogP contribution in [0.15, 0.2) is 54.9 Å². The summed E-state index contributed by atoms with van der Waals surface area (Å²) in [6.07, 6.45) is 1.37. The zero-order valence-corrected chi connectivity index (χ0v) is 16.0. The van der Waals surface area contributed by atoms with Gasteiger partial charge in [0.2, 0.25) is 5.88 Å². The summed E-state index contributed by atoms with van der Waals surface area (Å²) in [5.41, 5.74) is 9.00. The van der Waals surface area contributed by atoms with E-state index in [0.29, 0.717) is 23.0 Å². The predicted octanol–water partition coefficient (Wildman–Crippen LogP) is 4.50. The van der Waals surface area contributed by atoms with Crippen LogP contribution >= 0.6 is 0 Å². The first-order valence-corrected chi connectivity index (χ1v) is 8.81. The number of nitrogens with zero attached hydrogens (tertiary/aromatic N) is 2. The molecular formula is C21H22N4O3. The van der Waals surface area contributed by atoms with Gasteiger partial charge < -0.3 is 20.5 Å². The Hall–Kier alpha value is -3.61. The van der Waals surface area contributed by atoms with E-state index in [9.17, 15) is 4.79 Å². The second kappa shape index (κ2) is 8.39. The van der Waals surface area contributed by atoms with Gasteiger partial charge in [-0.05, 0) is 47.9 Å². The molecule has 0 aliphatic carbocycles. The van der Waals surface area contributed by atoms with E-state index in [1.54, 1.807) is 24.3 Å². The highest BCUT2D eigenvalue weighted by atomic mass is 16.5. The molecule has 7 heteroatoms. The second-order valence-corrected chi connectivity index (χ2v) is 6.46. The third-order valence-electron chi connectivity index (χ3n) is 4.18. The zero-order valence-electron chi connectivity index (χ0n) is 16.0. The highest BCUT2D eigenvalue weighted by molar-refractivity contribution is 5.89. The van der Waals surface area contributed by atoms with Crippen molar-refractivity contribution in [2.45, 2.75) is 19.8 Å². The maximum Gasteiger partial charge on any atom is 0.337 e. The van der Waals surface area contributed by atoms with Crippen molar-refractivity contribution < 1.29 is 14.3 Å². The highest BCUT2D eigenvalue weighted by Crippen LogP contribution is 2.31. The average Bonchev–Trinajstić information content (AvgIpc) is 2.71. The lowest BCUT2D eigenvalue weighted by atomic mass is 10.0. The molecule has 2 aromatic carbocycles. The third kappa shape index (κ3) is 4.37. The molecule has 28 heavy (non-hydrogen) atoms. The summed E-state index contributed by atoms with van der Waals surface area (Å²) < 4.78 is 10.4. The van der Waals surface area contributed by atoms with Gasteiger partial charge in [0, 0.05) is 5.69 Å². The number of rotatable bonds is 6. The van der Waals surface area contributed by atoms with Gasteiger partial charge in [-0.3, -0.25) is 0 Å². The summed E-state index contributed by atoms with van der Waals surface area (Å²) in [4.78, 5) is 19.8. The molecule has 0 radical (unpaired) electrons. The number of carbonyl (C=O) groups excluding carboxylic acids is 1. The maximum atomic E-state index is 11.5. The quantitative estimate of drug-likeness (QED) is 0.609. The first-order valence-electron chi connectivity index (χ1n) is 8.81. The normalized spacial score (nSPS) is 10.6. The van der Waals surface area contributed by atoms with Crippen molar-refractivity contribution in [1.29, 1.82) is 0 Å². The van der Waals surface area contributed by atoms with Crippen LogP contribution in [0.5, 0.6) is 11.6 Å². The molecule has 0 fully saturated rings. The summed E-state index contributed by atoms with van der Waals surface area (Å²) in [5, 5.41) is 3.18. The van der Waals surface area contributed by atoms with Gasteiger partial charge in [0.15, 0.2) is 5.82 Å². The third-order valence-corrected chi connectivity index (χ3v) is 4.18. The summed E-state index contributed by atoms with van der Waals surface area (Å²) in [7, 11) is 1.33. The van der Waals surface area contributed by atoms with Crippen LogP contribution in [-0.2, 0) is 4.74 Å². The van der Waals surface area contributed by atoms with Gasteiger partial charge in [-0.1, -0.05) is 26.0 Å². The Bertz CT molecular complexity index is 954. The smallest absolute Gasteiger partial charge is 0.337 e. The van der Waals surface area contributed by atoms with Crippen molar-refractivity contribution in [3.8, 4) is 11.6 Å². The van der Waals surface area contributed by atoms with E-state index in [-0.39, 0.29) is 11.6 Å². The van der Waals surface area contributed by atoms with Crippen LogP contribution < -0.4 is 15.8 Å². The number of esters is 1. The Kier molecular flexibility index (Phi) is 5.74. The van der Waals surface area contributed by atoms with Crippen molar-refractivity contribution in [3.05, 3.63) is 66.0 Å². The van der Waals surface area contributed by atoms with Crippen LogP contribution in [-0.4, -0.2) is 23.0 Å². The molecule has 1 heterocycles. The number of aromatic nitrogens is 2. The van der Waals surface area contributed by atoms with Gasteiger partial charge >= 0.3 is 5.97 Å². The Labute approximate surface area is 163 Å². The predicted molar refractivity (Wildman–Crippen MR) is 108 cm³/mol. The molecule has 0 atom stereocenters. The minimum absolute atomic E-state index is 0.224. The van der Waals surface area contributed by atoms with Crippen LogP contribution in [0, 0.1) is 0 Å². The lowest BCUT2D eigenvalue weighted by Crippen LogP contribution is -2.03. The number of methoxy groups -OCH3 is 1. The molecule has 144 valence electrons. The summed E-state index contributed by atoms with van der Waals surface area (Å²) in [5.74, 6) is 1.22. The average molecular weight is 378 g/mol. The van der Waals surface area contributed by atoms with Crippen LogP contribution in [0.25, 0.3) is 0 Å². The topological polar surface area (TPSA) is 99.4 Å². The molecule has 0 aliphatic rings. The first kappa shape index (κ1) is 19.2. The Morgan fingerprint density at radius 1 is 1.04 bits per heavy atom. The minimum Gasteiger partial charge on any atom is -0.465 e. The Morgan fingerprint density at radius 3 is 2.32 bits per heavy atom. The van der Waals surface area contributed by atoms with E-state index in [1.165, 1.54) is 19.0 Å². The van der Waals surface area contributed by atoms with Gasteiger partial charge in [0.1, 0.15) is 17.8 Å². The molecule has 7 nitrogen and oxygen atoms in total. The summed E-state index contributed by atoms with van der Waals surface area (Å²) in [6.45, 7) is 4.29. The van der Waals surface area contributed by atoms with E-state index in [2.05, 4.69) is 46.0 Å². The molecule has 3 N–H and O–H groups in total. The largest absolute Gasteiger partial charge is 0.465 e. The van der Waals surface area contributed by atoms with E-state index < -0.39 is 5.97 Å². The van der Waals surface area contributed by atoms with Crippen LogP contribution in [0.1, 0.15) is 35.7 Å². The van der Waals surface area contributed by atoms with Crippen molar-refractivity contribution >= 4 is 23.2 Å². The first-order chi connectivity index (χ1) is 13.5. The lowest BCUT2D eigenvalue weighted by Gasteiger charge is -2.13. The zero-order chi connectivity index (χ0) is 20.1. The molecule has 0 aliphatic heterocycles. The van der Waals surface area contributed by atoms with E-state index in [1.807, 2.05) is 12.1 Å². The fourth-order valence-electron chi connectivity index (χ4n) is 2.54. The maximum absolute atomic E-state index is 11.5. The second-order valence-electron chi connectivity index (χ2n) is 6.46. The SMILES string of the molecule is COC(=O)c1ccc(Oc2ncnc(Nc3ccc(C(C)C)cc3)c2N)cc1. The van der Waals surface area contributed by atoms with E-state index >= 15 is 0 Å². The van der Waals surface area contributed by atoms with Gasteiger partial charge in [-0.15, -0.1) is 0 Å². The van der Waals surface area contributed by atoms with Crippen molar-refractivity contribution in [3.63, 3.8) is 0 Å². The van der Waals surface area contributed by atoms with Crippen molar-refractivity contribution in [1.82, 2.24) is 9.97 Å². The summed E-state index contributed by atoms with van der Waals surface area (Å²) >= 11 is 0. The van der Waals surface area contributed by atoms with Gasteiger partial charge in [-0.25, -0.2) is 9.78 Å². The molecule has 3 rings (SSSR count). The van der Waals surface area contributed by atoms with Crippen LogP contribution in [0.4, 0.5) is 17.2 Å². The molecule has 0 saturated carbocycles. The molecule has 0 bridgehead atoms. The molecule has 3 aromatic rings. The lowest BCUT2D eigenvalue weighted by molar-refractivity contribution is 0.0600. The number of nitrogen functional groups attached to an aromatic ring is 1. The molecule has 0 amide bonds. The fraction of sp³-hybridized carbons (Fsp3) is 0.190. The van der Waals surface area contributed by atoms with Gasteiger partial charge in [0.25, 0.3) is 0 Å². The Balaban J connectivity index is 1.76. The number of hydrogen-bond donors (Lipinski definition) is 2. The molecule has 0 saturated heterocycles. The number of hydrogen-bond acceptors (Lipinski definition) is 7. The summed E-state index contributed by atoms with van der Waals surface area (Å²) in [6, 6.07) is 14.6. The van der Waals surface area contributed by atoms with Crippen LogP contribution in [0.2, 0.25) is 0 Å². The Morgan fingerprint density at radius 2 is 1.71 bits per heavy atom. The number of ether oxygens (including phenoxy) is 2. The van der Waals surface area contributed by atoms with Gasteiger partial charge in [0.05, 0.1) is 12.7 Å². The number of nitrogens with two attached hydrogens (primary N) is 1. The fourth-order valence-corrected chi connectivity index (χ4v) is 2.54. The van der Waals surface area contributed by atoms with E-state index in [0.717, 1.165) is 5.69 Å². The van der Waals surface area contributed by atoms with Crippen molar-refractivity contribution in [2.75, 3.05) is 18.2 Å². The van der Waals surface area contributed by atoms with Crippen LogP contribution in [0.3, 0.4) is 0 Å². The van der Waals surface area contributed by atoms with E-state index in [4.69, 9.17) is 10.5 Å². The highest BCUT2D eigenvalue weighted by Gasteiger charge is 2.12.